The Hall–Kier alpha value is -2.62. The van der Waals surface area contributed by atoms with E-state index in [1.54, 1.807) is 24.5 Å². The van der Waals surface area contributed by atoms with Crippen molar-refractivity contribution in [3.05, 3.63) is 65.2 Å². The number of aliphatic imine (C=N–C) groups is 1. The van der Waals surface area contributed by atoms with Gasteiger partial charge < -0.3 is 9.15 Å². The molecule has 4 nitrogen and oxygen atoms in total. The SMILES string of the molecule is CC(C)c1ccc(C2=N/C(=C/c3ccco3)C(=O)O2)cc1. The van der Waals surface area contributed by atoms with Crippen LogP contribution >= 0.6 is 0 Å². The van der Waals surface area contributed by atoms with E-state index >= 15 is 0 Å². The van der Waals surface area contributed by atoms with Gasteiger partial charge in [0, 0.05) is 11.6 Å². The largest absolute Gasteiger partial charge is 0.465 e. The lowest BCUT2D eigenvalue weighted by molar-refractivity contribution is -0.129. The van der Waals surface area contributed by atoms with E-state index in [1.165, 1.54) is 5.56 Å². The second kappa shape index (κ2) is 5.40. The summed E-state index contributed by atoms with van der Waals surface area (Å²) < 4.78 is 10.4. The molecular formula is C17H15NO3. The summed E-state index contributed by atoms with van der Waals surface area (Å²) in [4.78, 5) is 16.0. The van der Waals surface area contributed by atoms with Crippen molar-refractivity contribution in [1.82, 2.24) is 0 Å². The molecule has 0 bridgehead atoms. The summed E-state index contributed by atoms with van der Waals surface area (Å²) in [6.07, 6.45) is 3.11. The van der Waals surface area contributed by atoms with Crippen molar-refractivity contribution >= 4 is 17.9 Å². The van der Waals surface area contributed by atoms with E-state index in [2.05, 4.69) is 18.8 Å². The van der Waals surface area contributed by atoms with Gasteiger partial charge in [-0.3, -0.25) is 0 Å². The van der Waals surface area contributed by atoms with Gasteiger partial charge in [0.2, 0.25) is 5.90 Å². The number of furan rings is 1. The summed E-state index contributed by atoms with van der Waals surface area (Å²) in [5.74, 6) is 0.895. The average Bonchev–Trinajstić information content (AvgIpc) is 3.10. The lowest BCUT2D eigenvalue weighted by Gasteiger charge is -2.05. The first-order chi connectivity index (χ1) is 10.1. The maximum Gasteiger partial charge on any atom is 0.363 e. The number of hydrogen-bond acceptors (Lipinski definition) is 4. The quantitative estimate of drug-likeness (QED) is 0.636. The Morgan fingerprint density at radius 2 is 1.90 bits per heavy atom. The van der Waals surface area contributed by atoms with Crippen molar-refractivity contribution in [2.24, 2.45) is 4.99 Å². The van der Waals surface area contributed by atoms with Crippen LogP contribution in [0, 0.1) is 0 Å². The minimum Gasteiger partial charge on any atom is -0.465 e. The third-order valence-electron chi connectivity index (χ3n) is 3.27. The molecule has 0 fully saturated rings. The molecule has 0 unspecified atom stereocenters. The van der Waals surface area contributed by atoms with E-state index < -0.39 is 5.97 Å². The molecule has 0 N–H and O–H groups in total. The molecule has 0 spiro atoms. The fourth-order valence-corrected chi connectivity index (χ4v) is 2.05. The molecule has 2 heterocycles. The molecule has 0 saturated carbocycles. The van der Waals surface area contributed by atoms with Gasteiger partial charge in [-0.2, -0.15) is 0 Å². The summed E-state index contributed by atoms with van der Waals surface area (Å²) in [6.45, 7) is 4.26. The van der Waals surface area contributed by atoms with E-state index in [0.717, 1.165) is 5.56 Å². The van der Waals surface area contributed by atoms with Crippen LogP contribution in [-0.4, -0.2) is 11.9 Å². The maximum atomic E-state index is 11.8. The molecule has 1 aliphatic rings. The highest BCUT2D eigenvalue weighted by Gasteiger charge is 2.24. The highest BCUT2D eigenvalue weighted by Crippen LogP contribution is 2.21. The molecular weight excluding hydrogens is 266 g/mol. The van der Waals surface area contributed by atoms with E-state index in [4.69, 9.17) is 9.15 Å². The fraction of sp³-hybridized carbons (Fsp3) is 0.176. The number of carbonyl (C=O) groups is 1. The second-order valence-electron chi connectivity index (χ2n) is 5.13. The van der Waals surface area contributed by atoms with Crippen molar-refractivity contribution < 1.29 is 13.9 Å². The van der Waals surface area contributed by atoms with Crippen LogP contribution in [0.5, 0.6) is 0 Å². The monoisotopic (exact) mass is 281 g/mol. The van der Waals surface area contributed by atoms with Crippen LogP contribution < -0.4 is 0 Å². The van der Waals surface area contributed by atoms with Crippen LogP contribution in [0.3, 0.4) is 0 Å². The van der Waals surface area contributed by atoms with Gasteiger partial charge in [0.05, 0.1) is 6.26 Å². The van der Waals surface area contributed by atoms with Crippen molar-refractivity contribution in [2.45, 2.75) is 19.8 Å². The van der Waals surface area contributed by atoms with Crippen molar-refractivity contribution in [3.63, 3.8) is 0 Å². The van der Waals surface area contributed by atoms with Gasteiger partial charge >= 0.3 is 5.97 Å². The zero-order chi connectivity index (χ0) is 14.8. The lowest BCUT2D eigenvalue weighted by Crippen LogP contribution is -2.05. The van der Waals surface area contributed by atoms with Gasteiger partial charge in [-0.05, 0) is 35.7 Å². The highest BCUT2D eigenvalue weighted by atomic mass is 16.6. The van der Waals surface area contributed by atoms with Gasteiger partial charge in [0.25, 0.3) is 0 Å². The lowest BCUT2D eigenvalue weighted by atomic mass is 10.0. The molecule has 3 rings (SSSR count). The number of nitrogens with zero attached hydrogens (tertiary/aromatic N) is 1. The smallest absolute Gasteiger partial charge is 0.363 e. The van der Waals surface area contributed by atoms with E-state index in [-0.39, 0.29) is 5.70 Å². The summed E-state index contributed by atoms with van der Waals surface area (Å²) in [7, 11) is 0. The molecule has 0 saturated heterocycles. The van der Waals surface area contributed by atoms with Crippen LogP contribution in [0.4, 0.5) is 0 Å². The van der Waals surface area contributed by atoms with Gasteiger partial charge in [-0.15, -0.1) is 0 Å². The number of cyclic esters (lactones) is 1. The minimum absolute atomic E-state index is 0.243. The first-order valence-electron chi connectivity index (χ1n) is 6.80. The maximum absolute atomic E-state index is 11.8. The molecule has 21 heavy (non-hydrogen) atoms. The number of esters is 1. The Balaban J connectivity index is 1.88. The van der Waals surface area contributed by atoms with Crippen LogP contribution in [0.15, 0.2) is 57.8 Å². The van der Waals surface area contributed by atoms with Crippen molar-refractivity contribution in [2.75, 3.05) is 0 Å². The van der Waals surface area contributed by atoms with Crippen molar-refractivity contribution in [3.8, 4) is 0 Å². The van der Waals surface area contributed by atoms with E-state index in [9.17, 15) is 4.79 Å². The molecule has 1 aromatic heterocycles. The van der Waals surface area contributed by atoms with E-state index in [1.807, 2.05) is 24.3 Å². The average molecular weight is 281 g/mol. The zero-order valence-electron chi connectivity index (χ0n) is 11.9. The minimum atomic E-state index is -0.464. The molecule has 0 radical (unpaired) electrons. The molecule has 4 heteroatoms. The summed E-state index contributed by atoms with van der Waals surface area (Å²) in [6, 6.07) is 11.4. The predicted octanol–water partition coefficient (Wildman–Crippen LogP) is 3.75. The Labute approximate surface area is 122 Å². The first kappa shape index (κ1) is 13.4. The zero-order valence-corrected chi connectivity index (χ0v) is 11.9. The Morgan fingerprint density at radius 1 is 1.14 bits per heavy atom. The normalized spacial score (nSPS) is 16.4. The molecule has 106 valence electrons. The molecule has 1 aromatic carbocycles. The number of rotatable bonds is 3. The van der Waals surface area contributed by atoms with Crippen LogP contribution in [0.25, 0.3) is 6.08 Å². The highest BCUT2D eigenvalue weighted by molar-refractivity contribution is 6.12. The molecule has 0 atom stereocenters. The van der Waals surface area contributed by atoms with Crippen LogP contribution in [-0.2, 0) is 9.53 Å². The fourth-order valence-electron chi connectivity index (χ4n) is 2.05. The molecule has 2 aromatic rings. The number of benzene rings is 1. The first-order valence-corrected chi connectivity index (χ1v) is 6.80. The number of ether oxygens (including phenoxy) is 1. The third-order valence-corrected chi connectivity index (χ3v) is 3.27. The Morgan fingerprint density at radius 3 is 2.52 bits per heavy atom. The summed E-state index contributed by atoms with van der Waals surface area (Å²) in [5.41, 5.74) is 2.26. The standard InChI is InChI=1S/C17H15NO3/c1-11(2)12-5-7-13(8-6-12)16-18-15(17(19)21-16)10-14-4-3-9-20-14/h3-11H,1-2H3/b15-10+. The topological polar surface area (TPSA) is 51.8 Å². The third kappa shape index (κ3) is 2.79. The van der Waals surface area contributed by atoms with Gasteiger partial charge in [0.15, 0.2) is 5.70 Å². The number of hydrogen-bond donors (Lipinski definition) is 0. The Bertz CT molecular complexity index is 707. The van der Waals surface area contributed by atoms with Gasteiger partial charge in [0.1, 0.15) is 5.76 Å². The second-order valence-corrected chi connectivity index (χ2v) is 5.13. The number of carbonyl (C=O) groups excluding carboxylic acids is 1. The van der Waals surface area contributed by atoms with Crippen molar-refractivity contribution in [1.29, 1.82) is 0 Å². The van der Waals surface area contributed by atoms with Crippen LogP contribution in [0.1, 0.15) is 36.7 Å². The summed E-state index contributed by atoms with van der Waals surface area (Å²) in [5, 5.41) is 0. The van der Waals surface area contributed by atoms with Gasteiger partial charge in [-0.25, -0.2) is 9.79 Å². The predicted molar refractivity (Wildman–Crippen MR) is 79.8 cm³/mol. The van der Waals surface area contributed by atoms with Gasteiger partial charge in [-0.1, -0.05) is 26.0 Å². The summed E-state index contributed by atoms with van der Waals surface area (Å²) >= 11 is 0. The molecule has 0 amide bonds. The van der Waals surface area contributed by atoms with Crippen LogP contribution in [0.2, 0.25) is 0 Å². The molecule has 0 aliphatic carbocycles. The van der Waals surface area contributed by atoms with E-state index in [0.29, 0.717) is 17.6 Å². The Kier molecular flexibility index (Phi) is 3.44. The molecule has 1 aliphatic heterocycles.